The number of halogens is 1. The van der Waals surface area contributed by atoms with Gasteiger partial charge in [-0.2, -0.15) is 0 Å². The average molecular weight is 346 g/mol. The minimum Gasteiger partial charge on any atom is -0.309 e. The molecule has 2 heteroatoms. The van der Waals surface area contributed by atoms with Crippen LogP contribution in [0.4, 0.5) is 0 Å². The molecular formula is C23H20ClN. The Labute approximate surface area is 153 Å². The first-order valence-electron chi connectivity index (χ1n) is 9.04. The van der Waals surface area contributed by atoms with E-state index in [0.717, 1.165) is 35.7 Å². The molecule has 3 aromatic rings. The molecule has 1 aliphatic carbocycles. The topological polar surface area (TPSA) is 12.0 Å². The number of nitrogens with one attached hydrogen (secondary N) is 1. The fourth-order valence-corrected chi connectivity index (χ4v) is 4.63. The van der Waals surface area contributed by atoms with Gasteiger partial charge in [-0.3, -0.25) is 0 Å². The highest BCUT2D eigenvalue weighted by Gasteiger charge is 2.19. The van der Waals surface area contributed by atoms with Crippen LogP contribution < -0.4 is 5.32 Å². The van der Waals surface area contributed by atoms with Gasteiger partial charge in [-0.1, -0.05) is 60.1 Å². The van der Waals surface area contributed by atoms with Gasteiger partial charge < -0.3 is 5.32 Å². The van der Waals surface area contributed by atoms with Gasteiger partial charge in [-0.15, -0.1) is 0 Å². The lowest BCUT2D eigenvalue weighted by atomic mass is 9.93. The maximum absolute atomic E-state index is 6.91. The Balaban J connectivity index is 1.65. The molecule has 1 heterocycles. The number of benzene rings is 3. The summed E-state index contributed by atoms with van der Waals surface area (Å²) in [6.07, 6.45) is 3.61. The fourth-order valence-electron chi connectivity index (χ4n) is 4.30. The molecule has 0 saturated carbocycles. The molecule has 3 aromatic carbocycles. The Morgan fingerprint density at radius 3 is 2.48 bits per heavy atom. The van der Waals surface area contributed by atoms with Crippen LogP contribution in [0.2, 0.25) is 5.02 Å². The molecule has 0 saturated heterocycles. The number of hydrogen-bond donors (Lipinski definition) is 1. The summed E-state index contributed by atoms with van der Waals surface area (Å²) in [4.78, 5) is 0. The fraction of sp³-hybridized carbons (Fsp3) is 0.217. The first-order valence-corrected chi connectivity index (χ1v) is 9.41. The highest BCUT2D eigenvalue weighted by atomic mass is 35.5. The molecule has 5 rings (SSSR count). The zero-order valence-electron chi connectivity index (χ0n) is 14.1. The van der Waals surface area contributed by atoms with Gasteiger partial charge in [0, 0.05) is 24.2 Å². The van der Waals surface area contributed by atoms with Gasteiger partial charge in [-0.05, 0) is 58.7 Å². The molecule has 25 heavy (non-hydrogen) atoms. The zero-order chi connectivity index (χ0) is 16.8. The van der Waals surface area contributed by atoms with E-state index in [1.54, 1.807) is 0 Å². The van der Waals surface area contributed by atoms with E-state index in [2.05, 4.69) is 59.9 Å². The van der Waals surface area contributed by atoms with Gasteiger partial charge >= 0.3 is 0 Å². The summed E-state index contributed by atoms with van der Waals surface area (Å²) in [5.41, 5.74) is 10.6. The maximum atomic E-state index is 6.91. The van der Waals surface area contributed by atoms with Crippen molar-refractivity contribution >= 4 is 11.6 Å². The molecule has 0 radical (unpaired) electrons. The van der Waals surface area contributed by atoms with E-state index in [4.69, 9.17) is 11.6 Å². The average Bonchev–Trinajstić information content (AvgIpc) is 3.30. The Morgan fingerprint density at radius 2 is 1.52 bits per heavy atom. The van der Waals surface area contributed by atoms with Crippen molar-refractivity contribution in [3.05, 3.63) is 81.9 Å². The summed E-state index contributed by atoms with van der Waals surface area (Å²) in [5, 5.41) is 4.28. The van der Waals surface area contributed by atoms with Gasteiger partial charge in [0.2, 0.25) is 0 Å². The lowest BCUT2D eigenvalue weighted by molar-refractivity contribution is 0.765. The molecule has 1 aliphatic heterocycles. The SMILES string of the molecule is Clc1c(-c2ccc3c(c2)CNC3)cccc1-c1cccc2c1CCC2. The zero-order valence-corrected chi connectivity index (χ0v) is 14.9. The Bertz CT molecular complexity index is 974. The summed E-state index contributed by atoms with van der Waals surface area (Å²) >= 11 is 6.91. The normalized spacial score (nSPS) is 15.2. The van der Waals surface area contributed by atoms with Crippen molar-refractivity contribution in [1.82, 2.24) is 5.32 Å². The van der Waals surface area contributed by atoms with Crippen molar-refractivity contribution in [2.75, 3.05) is 0 Å². The Kier molecular flexibility index (Phi) is 3.65. The van der Waals surface area contributed by atoms with Gasteiger partial charge in [0.15, 0.2) is 0 Å². The lowest BCUT2D eigenvalue weighted by Crippen LogP contribution is -1.99. The summed E-state index contributed by atoms with van der Waals surface area (Å²) < 4.78 is 0. The summed E-state index contributed by atoms with van der Waals surface area (Å²) in [7, 11) is 0. The predicted molar refractivity (Wildman–Crippen MR) is 105 cm³/mol. The summed E-state index contributed by atoms with van der Waals surface area (Å²) in [5.74, 6) is 0. The first kappa shape index (κ1) is 15.2. The van der Waals surface area contributed by atoms with Gasteiger partial charge in [0.1, 0.15) is 0 Å². The molecule has 0 amide bonds. The van der Waals surface area contributed by atoms with Crippen LogP contribution in [0.25, 0.3) is 22.3 Å². The molecule has 1 nitrogen and oxygen atoms in total. The van der Waals surface area contributed by atoms with Crippen LogP contribution in [-0.2, 0) is 25.9 Å². The number of aryl methyl sites for hydroxylation is 1. The highest BCUT2D eigenvalue weighted by Crippen LogP contribution is 2.40. The molecule has 0 aromatic heterocycles. The van der Waals surface area contributed by atoms with E-state index in [9.17, 15) is 0 Å². The molecule has 124 valence electrons. The van der Waals surface area contributed by atoms with Crippen molar-refractivity contribution < 1.29 is 0 Å². The van der Waals surface area contributed by atoms with Crippen LogP contribution in [-0.4, -0.2) is 0 Å². The van der Waals surface area contributed by atoms with Crippen molar-refractivity contribution in [2.45, 2.75) is 32.4 Å². The van der Waals surface area contributed by atoms with Crippen molar-refractivity contribution in [3.63, 3.8) is 0 Å². The van der Waals surface area contributed by atoms with Gasteiger partial charge in [-0.25, -0.2) is 0 Å². The van der Waals surface area contributed by atoms with E-state index in [1.165, 1.54) is 46.2 Å². The van der Waals surface area contributed by atoms with E-state index in [0.29, 0.717) is 0 Å². The van der Waals surface area contributed by atoms with E-state index >= 15 is 0 Å². The predicted octanol–water partition coefficient (Wildman–Crippen LogP) is 5.77. The molecule has 0 unspecified atom stereocenters. The van der Waals surface area contributed by atoms with E-state index < -0.39 is 0 Å². The highest BCUT2D eigenvalue weighted by molar-refractivity contribution is 6.36. The number of hydrogen-bond acceptors (Lipinski definition) is 1. The summed E-state index contributed by atoms with van der Waals surface area (Å²) in [6, 6.07) is 19.8. The van der Waals surface area contributed by atoms with Crippen LogP contribution in [0.1, 0.15) is 28.7 Å². The van der Waals surface area contributed by atoms with Crippen LogP contribution >= 0.6 is 11.6 Å². The smallest absolute Gasteiger partial charge is 0.0562 e. The van der Waals surface area contributed by atoms with Gasteiger partial charge in [0.05, 0.1) is 5.02 Å². The minimum absolute atomic E-state index is 0.869. The third kappa shape index (κ3) is 2.50. The van der Waals surface area contributed by atoms with Crippen molar-refractivity contribution in [2.24, 2.45) is 0 Å². The second-order valence-electron chi connectivity index (χ2n) is 7.05. The molecular weight excluding hydrogens is 326 g/mol. The first-order chi connectivity index (χ1) is 12.3. The molecule has 1 N–H and O–H groups in total. The van der Waals surface area contributed by atoms with Crippen LogP contribution in [0.5, 0.6) is 0 Å². The van der Waals surface area contributed by atoms with Crippen LogP contribution in [0, 0.1) is 0 Å². The third-order valence-corrected chi connectivity index (χ3v) is 5.99. The standard InChI is InChI=1S/C23H20ClN/c24-23-20(16-10-11-17-13-25-14-18(17)12-16)7-3-9-22(23)21-8-2-5-15-4-1-6-19(15)21/h2-3,5,7-12,25H,1,4,6,13-14H2. The molecule has 2 aliphatic rings. The van der Waals surface area contributed by atoms with E-state index in [1.807, 2.05) is 0 Å². The quantitative estimate of drug-likeness (QED) is 0.622. The van der Waals surface area contributed by atoms with E-state index in [-0.39, 0.29) is 0 Å². The molecule has 0 spiro atoms. The minimum atomic E-state index is 0.869. The number of rotatable bonds is 2. The molecule has 0 atom stereocenters. The van der Waals surface area contributed by atoms with Crippen LogP contribution in [0.3, 0.4) is 0 Å². The van der Waals surface area contributed by atoms with Crippen molar-refractivity contribution in [1.29, 1.82) is 0 Å². The second-order valence-corrected chi connectivity index (χ2v) is 7.43. The van der Waals surface area contributed by atoms with Crippen LogP contribution in [0.15, 0.2) is 54.6 Å². The monoisotopic (exact) mass is 345 g/mol. The third-order valence-electron chi connectivity index (χ3n) is 5.58. The van der Waals surface area contributed by atoms with Crippen molar-refractivity contribution in [3.8, 4) is 22.3 Å². The Morgan fingerprint density at radius 1 is 0.720 bits per heavy atom. The lowest BCUT2D eigenvalue weighted by Gasteiger charge is -2.14. The molecule has 0 bridgehead atoms. The maximum Gasteiger partial charge on any atom is 0.0562 e. The summed E-state index contributed by atoms with van der Waals surface area (Å²) in [6.45, 7) is 1.92. The Hall–Kier alpha value is -2.09. The second kappa shape index (κ2) is 6.01. The van der Waals surface area contributed by atoms with Gasteiger partial charge in [0.25, 0.3) is 0 Å². The largest absolute Gasteiger partial charge is 0.309 e. The number of fused-ring (bicyclic) bond motifs is 2. The molecule has 0 fully saturated rings.